The van der Waals surface area contributed by atoms with Gasteiger partial charge in [-0.15, -0.1) is 11.3 Å². The predicted molar refractivity (Wildman–Crippen MR) is 78.1 cm³/mol. The average molecular weight is 289 g/mol. The number of benzene rings is 1. The van der Waals surface area contributed by atoms with Gasteiger partial charge in [-0.05, 0) is 31.2 Å². The number of aryl methyl sites for hydroxylation is 1. The molecule has 3 rings (SSSR count). The lowest BCUT2D eigenvalue weighted by molar-refractivity contribution is 0.102. The second-order valence-electron chi connectivity index (χ2n) is 4.07. The average Bonchev–Trinajstić information content (AvgIpc) is 3.01. The number of hydrogen-bond acceptors (Lipinski definition) is 5. The maximum absolute atomic E-state index is 12.0. The third kappa shape index (κ3) is 2.72. The molecular weight excluding hydrogens is 278 g/mol. The van der Waals surface area contributed by atoms with Gasteiger partial charge < -0.3 is 4.42 Å². The van der Waals surface area contributed by atoms with E-state index in [1.165, 1.54) is 23.1 Å². The summed E-state index contributed by atoms with van der Waals surface area (Å²) in [5.74, 6) is 0.470. The van der Waals surface area contributed by atoms with Crippen LogP contribution in [-0.4, -0.2) is 16.5 Å². The Bertz CT molecular complexity index is 697. The van der Waals surface area contributed by atoms with E-state index >= 15 is 0 Å². The molecule has 0 saturated carbocycles. The third-order valence-corrected chi connectivity index (χ3v) is 4.49. The zero-order chi connectivity index (χ0) is 13.2. The summed E-state index contributed by atoms with van der Waals surface area (Å²) in [4.78, 5) is 18.2. The quantitative estimate of drug-likeness (QED) is 0.534. The summed E-state index contributed by atoms with van der Waals surface area (Å²) in [5, 5.41) is 0.544. The van der Waals surface area contributed by atoms with Gasteiger partial charge in [0.1, 0.15) is 5.52 Å². The summed E-state index contributed by atoms with van der Waals surface area (Å²) >= 11 is 2.86. The SMILES string of the molecule is Cc1ccc(C(=O)CSc2nc3ccccc3o2)s1. The van der Waals surface area contributed by atoms with Crippen LogP contribution in [0, 0.1) is 6.92 Å². The Morgan fingerprint density at radius 1 is 1.32 bits per heavy atom. The summed E-state index contributed by atoms with van der Waals surface area (Å²) in [6.07, 6.45) is 0. The highest BCUT2D eigenvalue weighted by molar-refractivity contribution is 7.99. The Morgan fingerprint density at radius 3 is 2.89 bits per heavy atom. The van der Waals surface area contributed by atoms with Crippen molar-refractivity contribution in [1.29, 1.82) is 0 Å². The molecule has 0 amide bonds. The van der Waals surface area contributed by atoms with Crippen molar-refractivity contribution in [1.82, 2.24) is 4.98 Å². The summed E-state index contributed by atoms with van der Waals surface area (Å²) in [6, 6.07) is 11.4. The van der Waals surface area contributed by atoms with Crippen molar-refractivity contribution in [2.75, 3.05) is 5.75 Å². The Kier molecular flexibility index (Phi) is 3.40. The molecule has 0 aliphatic heterocycles. The van der Waals surface area contributed by atoms with Crippen LogP contribution in [0.5, 0.6) is 0 Å². The predicted octanol–water partition coefficient (Wildman–Crippen LogP) is 4.17. The molecule has 1 aromatic carbocycles. The first-order chi connectivity index (χ1) is 9.22. The lowest BCUT2D eigenvalue weighted by Gasteiger charge is -1.94. The van der Waals surface area contributed by atoms with Crippen LogP contribution in [-0.2, 0) is 0 Å². The Labute approximate surface area is 118 Å². The number of ketones is 1. The van der Waals surface area contributed by atoms with Crippen LogP contribution in [0.15, 0.2) is 46.0 Å². The zero-order valence-corrected chi connectivity index (χ0v) is 11.9. The Balaban J connectivity index is 1.70. The van der Waals surface area contributed by atoms with Crippen LogP contribution in [0.25, 0.3) is 11.1 Å². The van der Waals surface area contributed by atoms with Gasteiger partial charge in [0.15, 0.2) is 11.4 Å². The van der Waals surface area contributed by atoms with Crippen LogP contribution >= 0.6 is 23.1 Å². The number of carbonyl (C=O) groups is 1. The van der Waals surface area contributed by atoms with E-state index in [9.17, 15) is 4.79 Å². The molecule has 0 N–H and O–H groups in total. The molecule has 3 aromatic rings. The van der Waals surface area contributed by atoms with E-state index in [4.69, 9.17) is 4.42 Å². The molecule has 5 heteroatoms. The Hall–Kier alpha value is -1.59. The molecule has 0 unspecified atom stereocenters. The van der Waals surface area contributed by atoms with E-state index in [2.05, 4.69) is 4.98 Å². The van der Waals surface area contributed by atoms with Gasteiger partial charge in [-0.2, -0.15) is 0 Å². The lowest BCUT2D eigenvalue weighted by Crippen LogP contribution is -1.98. The molecule has 0 atom stereocenters. The van der Waals surface area contributed by atoms with Crippen molar-refractivity contribution in [3.63, 3.8) is 0 Å². The van der Waals surface area contributed by atoms with Crippen LogP contribution in [0.4, 0.5) is 0 Å². The van der Waals surface area contributed by atoms with Gasteiger partial charge in [0.25, 0.3) is 5.22 Å². The maximum Gasteiger partial charge on any atom is 0.257 e. The first-order valence-electron chi connectivity index (χ1n) is 5.80. The van der Waals surface area contributed by atoms with Gasteiger partial charge in [0.05, 0.1) is 10.6 Å². The monoisotopic (exact) mass is 289 g/mol. The first kappa shape index (κ1) is 12.4. The summed E-state index contributed by atoms with van der Waals surface area (Å²) in [7, 11) is 0. The minimum Gasteiger partial charge on any atom is -0.431 e. The van der Waals surface area contributed by atoms with Crippen molar-refractivity contribution in [2.24, 2.45) is 0 Å². The van der Waals surface area contributed by atoms with E-state index in [1.54, 1.807) is 0 Å². The molecule has 0 aliphatic carbocycles. The highest BCUT2D eigenvalue weighted by Crippen LogP contribution is 2.25. The van der Waals surface area contributed by atoms with E-state index in [-0.39, 0.29) is 5.78 Å². The molecule has 3 nitrogen and oxygen atoms in total. The lowest BCUT2D eigenvalue weighted by atomic mass is 10.3. The number of carbonyl (C=O) groups excluding carboxylic acids is 1. The number of aromatic nitrogens is 1. The molecule has 2 heterocycles. The van der Waals surface area contributed by atoms with Crippen LogP contribution in [0.2, 0.25) is 0 Å². The number of nitrogens with zero attached hydrogens (tertiary/aromatic N) is 1. The number of rotatable bonds is 4. The molecule has 19 heavy (non-hydrogen) atoms. The van der Waals surface area contributed by atoms with Gasteiger partial charge in [0.2, 0.25) is 0 Å². The van der Waals surface area contributed by atoms with Crippen LogP contribution in [0.3, 0.4) is 0 Å². The molecule has 2 aromatic heterocycles. The number of para-hydroxylation sites is 2. The van der Waals surface area contributed by atoms with Gasteiger partial charge in [-0.1, -0.05) is 23.9 Å². The third-order valence-electron chi connectivity index (χ3n) is 2.62. The minimum atomic E-state index is 0.116. The summed E-state index contributed by atoms with van der Waals surface area (Å²) < 4.78 is 5.56. The number of Topliss-reactive ketones (excluding diaryl/α,β-unsaturated/α-hetero) is 1. The van der Waals surface area contributed by atoms with Crippen LogP contribution in [0.1, 0.15) is 14.5 Å². The molecule has 0 bridgehead atoms. The van der Waals surface area contributed by atoms with Crippen molar-refractivity contribution in [3.8, 4) is 0 Å². The maximum atomic E-state index is 12.0. The fourth-order valence-electron chi connectivity index (χ4n) is 1.70. The molecule has 0 aliphatic rings. The van der Waals surface area contributed by atoms with Crippen molar-refractivity contribution in [2.45, 2.75) is 12.1 Å². The van der Waals surface area contributed by atoms with E-state index in [1.807, 2.05) is 43.3 Å². The molecule has 96 valence electrons. The Morgan fingerprint density at radius 2 is 2.16 bits per heavy atom. The molecule has 0 saturated heterocycles. The second-order valence-corrected chi connectivity index (χ2v) is 6.28. The van der Waals surface area contributed by atoms with Crippen molar-refractivity contribution in [3.05, 3.63) is 46.2 Å². The van der Waals surface area contributed by atoms with Crippen molar-refractivity contribution < 1.29 is 9.21 Å². The number of fused-ring (bicyclic) bond motifs is 1. The molecular formula is C14H11NO2S2. The smallest absolute Gasteiger partial charge is 0.257 e. The number of thiophene rings is 1. The fraction of sp³-hybridized carbons (Fsp3) is 0.143. The second kappa shape index (κ2) is 5.19. The first-order valence-corrected chi connectivity index (χ1v) is 7.60. The number of thioether (sulfide) groups is 1. The van der Waals surface area contributed by atoms with E-state index < -0.39 is 0 Å². The van der Waals surface area contributed by atoms with E-state index in [0.717, 1.165) is 20.9 Å². The summed E-state index contributed by atoms with van der Waals surface area (Å²) in [5.41, 5.74) is 1.58. The minimum absolute atomic E-state index is 0.116. The fourth-order valence-corrected chi connectivity index (χ4v) is 3.31. The normalized spacial score (nSPS) is 11.0. The van der Waals surface area contributed by atoms with Crippen molar-refractivity contribution >= 4 is 40.0 Å². The highest BCUT2D eigenvalue weighted by atomic mass is 32.2. The van der Waals surface area contributed by atoms with Gasteiger partial charge in [0, 0.05) is 4.88 Å². The van der Waals surface area contributed by atoms with Gasteiger partial charge in [-0.25, -0.2) is 4.98 Å². The molecule has 0 fully saturated rings. The standard InChI is InChI=1S/C14H11NO2S2/c1-9-6-7-13(19-9)11(16)8-18-14-15-10-4-2-3-5-12(10)17-14/h2-7H,8H2,1H3. The van der Waals surface area contributed by atoms with E-state index in [0.29, 0.717) is 11.0 Å². The van der Waals surface area contributed by atoms with Gasteiger partial charge >= 0.3 is 0 Å². The molecule has 0 radical (unpaired) electrons. The van der Waals surface area contributed by atoms with Crippen LogP contribution < -0.4 is 0 Å². The largest absolute Gasteiger partial charge is 0.431 e. The molecule has 0 spiro atoms. The topological polar surface area (TPSA) is 43.1 Å². The summed E-state index contributed by atoms with van der Waals surface area (Å²) in [6.45, 7) is 2.00. The number of oxazole rings is 1. The zero-order valence-electron chi connectivity index (χ0n) is 10.3. The van der Waals surface area contributed by atoms with Gasteiger partial charge in [-0.3, -0.25) is 4.79 Å². The number of hydrogen-bond donors (Lipinski definition) is 0. The highest BCUT2D eigenvalue weighted by Gasteiger charge is 2.12.